The van der Waals surface area contributed by atoms with Crippen LogP contribution in [0.25, 0.3) is 0 Å². The summed E-state index contributed by atoms with van der Waals surface area (Å²) in [6, 6.07) is -0.533. The van der Waals surface area contributed by atoms with E-state index in [-0.39, 0.29) is 24.3 Å². The number of rotatable bonds is 10. The Morgan fingerprint density at radius 3 is 1.62 bits per heavy atom. The van der Waals surface area contributed by atoms with Gasteiger partial charge < -0.3 is 14.2 Å². The molecule has 0 radical (unpaired) electrons. The molecule has 1 saturated carbocycles. The highest BCUT2D eigenvalue weighted by molar-refractivity contribution is 5.36. The fourth-order valence-corrected chi connectivity index (χ4v) is 4.38. The predicted molar refractivity (Wildman–Crippen MR) is 114 cm³/mol. The van der Waals surface area contributed by atoms with Gasteiger partial charge in [-0.15, -0.1) is 0 Å². The van der Waals surface area contributed by atoms with Crippen molar-refractivity contribution in [3.8, 4) is 11.5 Å². The van der Waals surface area contributed by atoms with Crippen LogP contribution in [0.2, 0.25) is 0 Å². The molecular weight excluding hydrogens is 557 g/mol. The molecule has 1 aliphatic rings. The Balaban J connectivity index is 1.70. The molecule has 0 amide bonds. The molecule has 3 rings (SSSR count). The maximum atomic E-state index is 14.5. The summed E-state index contributed by atoms with van der Waals surface area (Å²) in [4.78, 5) is 0. The fourth-order valence-electron chi connectivity index (χ4n) is 4.38. The van der Waals surface area contributed by atoms with Gasteiger partial charge in [-0.1, -0.05) is 19.8 Å². The standard InChI is InChI=1S/C25H23F11O3/c1-2-3-13-4-6-14(7-5-13)37-12-23(30,31)38-15-8-19(28)22(20(29)9-15)25(35,36)39-16-10-17(26)21(18(27)11-16)24(32,33)34/h8-11,13-14H,2-7,12H2,1H3. The van der Waals surface area contributed by atoms with E-state index in [4.69, 9.17) is 4.74 Å². The molecule has 14 heteroatoms. The maximum Gasteiger partial charge on any atom is 0.432 e. The number of ether oxygens (including phenoxy) is 3. The van der Waals surface area contributed by atoms with E-state index in [0.717, 1.165) is 25.7 Å². The van der Waals surface area contributed by atoms with Gasteiger partial charge >= 0.3 is 18.4 Å². The molecule has 0 unspecified atom stereocenters. The lowest BCUT2D eigenvalue weighted by molar-refractivity contribution is -0.222. The van der Waals surface area contributed by atoms with E-state index in [1.54, 1.807) is 0 Å². The average Bonchev–Trinajstić information content (AvgIpc) is 2.76. The van der Waals surface area contributed by atoms with Crippen LogP contribution in [-0.2, 0) is 17.0 Å². The molecule has 39 heavy (non-hydrogen) atoms. The first-order valence-electron chi connectivity index (χ1n) is 11.8. The molecule has 0 N–H and O–H groups in total. The van der Waals surface area contributed by atoms with Gasteiger partial charge in [0, 0.05) is 24.3 Å². The second-order valence-corrected chi connectivity index (χ2v) is 9.12. The largest absolute Gasteiger partial charge is 0.432 e. The third-order valence-corrected chi connectivity index (χ3v) is 6.10. The van der Waals surface area contributed by atoms with Crippen LogP contribution in [0, 0.1) is 29.2 Å². The van der Waals surface area contributed by atoms with Crippen molar-refractivity contribution < 1.29 is 62.5 Å². The van der Waals surface area contributed by atoms with Crippen LogP contribution in [0.15, 0.2) is 24.3 Å². The normalized spacial score (nSPS) is 18.8. The van der Waals surface area contributed by atoms with Crippen LogP contribution in [-0.4, -0.2) is 18.8 Å². The average molecular weight is 580 g/mol. The van der Waals surface area contributed by atoms with Crippen molar-refractivity contribution in [3.05, 3.63) is 58.7 Å². The van der Waals surface area contributed by atoms with Crippen molar-refractivity contribution in [2.24, 2.45) is 5.92 Å². The van der Waals surface area contributed by atoms with Gasteiger partial charge in [-0.25, -0.2) is 17.6 Å². The molecule has 1 aliphatic carbocycles. The summed E-state index contributed by atoms with van der Waals surface area (Å²) in [5.74, 6) is -11.2. The van der Waals surface area contributed by atoms with Crippen molar-refractivity contribution in [1.29, 1.82) is 0 Å². The van der Waals surface area contributed by atoms with E-state index in [1.165, 1.54) is 0 Å². The summed E-state index contributed by atoms with van der Waals surface area (Å²) >= 11 is 0. The molecule has 0 saturated heterocycles. The Bertz CT molecular complexity index is 1100. The van der Waals surface area contributed by atoms with E-state index in [2.05, 4.69) is 9.47 Å². The Kier molecular flexibility index (Phi) is 9.28. The first-order valence-corrected chi connectivity index (χ1v) is 11.8. The van der Waals surface area contributed by atoms with Crippen molar-refractivity contribution in [2.75, 3.05) is 6.61 Å². The number of alkyl halides is 7. The molecule has 0 bridgehead atoms. The van der Waals surface area contributed by atoms with E-state index in [9.17, 15) is 48.3 Å². The monoisotopic (exact) mass is 580 g/mol. The minimum atomic E-state index is -5.51. The molecule has 218 valence electrons. The molecule has 2 aromatic rings. The smallest absolute Gasteiger partial charge is 0.431 e. The topological polar surface area (TPSA) is 27.7 Å². The second kappa shape index (κ2) is 11.8. The fraction of sp³-hybridized carbons (Fsp3) is 0.520. The van der Waals surface area contributed by atoms with Gasteiger partial charge in [0.1, 0.15) is 45.9 Å². The molecule has 2 aromatic carbocycles. The maximum absolute atomic E-state index is 14.5. The lowest BCUT2D eigenvalue weighted by Crippen LogP contribution is -2.34. The minimum absolute atomic E-state index is 0.00648. The summed E-state index contributed by atoms with van der Waals surface area (Å²) in [6.45, 7) is 0.764. The zero-order valence-corrected chi connectivity index (χ0v) is 20.3. The zero-order valence-electron chi connectivity index (χ0n) is 20.3. The van der Waals surface area contributed by atoms with Crippen LogP contribution < -0.4 is 9.47 Å². The van der Waals surface area contributed by atoms with Crippen LogP contribution in [0.3, 0.4) is 0 Å². The molecule has 3 nitrogen and oxygen atoms in total. The van der Waals surface area contributed by atoms with Gasteiger partial charge in [0.15, 0.2) is 6.61 Å². The van der Waals surface area contributed by atoms with Gasteiger partial charge in [0.05, 0.1) is 6.10 Å². The first-order chi connectivity index (χ1) is 18.0. The summed E-state index contributed by atoms with van der Waals surface area (Å²) < 4.78 is 165. The third-order valence-electron chi connectivity index (χ3n) is 6.10. The molecule has 0 spiro atoms. The SMILES string of the molecule is CCCC1CCC(OCC(F)(F)Oc2cc(F)c(C(F)(F)Oc3cc(F)c(C(F)(F)F)c(F)c3)c(F)c2)CC1. The summed E-state index contributed by atoms with van der Waals surface area (Å²) in [5.41, 5.74) is -4.56. The molecule has 0 atom stereocenters. The quantitative estimate of drug-likeness (QED) is 0.263. The van der Waals surface area contributed by atoms with E-state index in [1.807, 2.05) is 6.92 Å². The molecule has 0 aliphatic heterocycles. The Morgan fingerprint density at radius 2 is 1.15 bits per heavy atom. The molecule has 1 fully saturated rings. The lowest BCUT2D eigenvalue weighted by atomic mass is 9.85. The van der Waals surface area contributed by atoms with Gasteiger partial charge in [-0.3, -0.25) is 0 Å². The lowest BCUT2D eigenvalue weighted by Gasteiger charge is -2.29. The van der Waals surface area contributed by atoms with Crippen LogP contribution in [0.1, 0.15) is 56.6 Å². The van der Waals surface area contributed by atoms with E-state index >= 15 is 0 Å². The molecule has 0 aromatic heterocycles. The number of hydrogen-bond acceptors (Lipinski definition) is 3. The van der Waals surface area contributed by atoms with Gasteiger partial charge in [0.25, 0.3) is 0 Å². The highest BCUT2D eigenvalue weighted by Gasteiger charge is 2.44. The first kappa shape index (κ1) is 30.8. The highest BCUT2D eigenvalue weighted by atomic mass is 19.4. The van der Waals surface area contributed by atoms with Crippen molar-refractivity contribution in [2.45, 2.75) is 69.9 Å². The van der Waals surface area contributed by atoms with Crippen molar-refractivity contribution >= 4 is 0 Å². The number of halogens is 11. The minimum Gasteiger partial charge on any atom is -0.431 e. The predicted octanol–water partition coefficient (Wildman–Crippen LogP) is 8.74. The van der Waals surface area contributed by atoms with Gasteiger partial charge in [0.2, 0.25) is 0 Å². The van der Waals surface area contributed by atoms with Crippen LogP contribution >= 0.6 is 0 Å². The van der Waals surface area contributed by atoms with E-state index < -0.39 is 77.0 Å². The second-order valence-electron chi connectivity index (χ2n) is 9.12. The third kappa shape index (κ3) is 7.89. The number of hydrogen-bond donors (Lipinski definition) is 0. The van der Waals surface area contributed by atoms with Crippen LogP contribution in [0.5, 0.6) is 11.5 Å². The molecule has 0 heterocycles. The van der Waals surface area contributed by atoms with Crippen molar-refractivity contribution in [3.63, 3.8) is 0 Å². The highest BCUT2D eigenvalue weighted by Crippen LogP contribution is 2.40. The van der Waals surface area contributed by atoms with Gasteiger partial charge in [-0.05, 0) is 31.6 Å². The zero-order chi connectivity index (χ0) is 29.2. The van der Waals surface area contributed by atoms with Crippen LogP contribution in [0.4, 0.5) is 48.3 Å². The Labute approximate surface area is 215 Å². The van der Waals surface area contributed by atoms with Gasteiger partial charge in [-0.2, -0.15) is 30.7 Å². The Hall–Kier alpha value is -2.77. The molecular formula is C25H23F11O3. The Morgan fingerprint density at radius 1 is 0.692 bits per heavy atom. The summed E-state index contributed by atoms with van der Waals surface area (Å²) in [7, 11) is 0. The number of benzene rings is 2. The summed E-state index contributed by atoms with van der Waals surface area (Å²) in [5, 5.41) is 0. The van der Waals surface area contributed by atoms with Crippen molar-refractivity contribution in [1.82, 2.24) is 0 Å². The van der Waals surface area contributed by atoms with E-state index in [0.29, 0.717) is 18.8 Å². The summed E-state index contributed by atoms with van der Waals surface area (Å²) in [6.07, 6.45) is -10.4.